The standard InChI is InChI=1S/C28H38N6O2/c1-2-22(18-29)31-16-8-12-24(30)27(35)34-26(15-14-20-9-4-3-5-10-20)28(36)33-23-17-21-11-6-7-13-25(21)32-19-23/h3-7,9-11,13,17,19,22,24,26,31H,2,8,12,14-16,18,29-30H2,1H3,(H,33,36)(H,34,35). The lowest BCUT2D eigenvalue weighted by Gasteiger charge is -2.21. The summed E-state index contributed by atoms with van der Waals surface area (Å²) in [6, 6.07) is 18.3. The lowest BCUT2D eigenvalue weighted by atomic mass is 10.0. The van der Waals surface area contributed by atoms with Crippen LogP contribution in [0.25, 0.3) is 10.9 Å². The fourth-order valence-electron chi connectivity index (χ4n) is 4.03. The molecule has 0 aliphatic heterocycles. The summed E-state index contributed by atoms with van der Waals surface area (Å²) in [7, 11) is 0. The molecule has 7 N–H and O–H groups in total. The number of nitrogens with one attached hydrogen (secondary N) is 3. The molecular formula is C28H38N6O2. The number of para-hydroxylation sites is 1. The van der Waals surface area contributed by atoms with Gasteiger partial charge in [0.25, 0.3) is 0 Å². The number of carbonyl (C=O) groups excluding carboxylic acids is 2. The molecule has 1 aromatic heterocycles. The summed E-state index contributed by atoms with van der Waals surface area (Å²) in [6.07, 6.45) is 4.93. The van der Waals surface area contributed by atoms with E-state index in [9.17, 15) is 9.59 Å². The molecule has 3 rings (SSSR count). The first-order valence-corrected chi connectivity index (χ1v) is 12.7. The van der Waals surface area contributed by atoms with Crippen LogP contribution in [0.3, 0.4) is 0 Å². The summed E-state index contributed by atoms with van der Waals surface area (Å²) in [4.78, 5) is 30.5. The highest BCUT2D eigenvalue weighted by Gasteiger charge is 2.24. The second-order valence-electron chi connectivity index (χ2n) is 9.04. The van der Waals surface area contributed by atoms with Gasteiger partial charge in [0.1, 0.15) is 6.04 Å². The number of anilines is 1. The number of pyridine rings is 1. The highest BCUT2D eigenvalue weighted by molar-refractivity contribution is 5.98. The van der Waals surface area contributed by atoms with Crippen LogP contribution in [0.15, 0.2) is 66.9 Å². The first-order chi connectivity index (χ1) is 17.5. The van der Waals surface area contributed by atoms with Crippen molar-refractivity contribution >= 4 is 28.4 Å². The topological polar surface area (TPSA) is 135 Å². The van der Waals surface area contributed by atoms with E-state index in [1.807, 2.05) is 60.7 Å². The third-order valence-corrected chi connectivity index (χ3v) is 6.29. The molecule has 36 heavy (non-hydrogen) atoms. The van der Waals surface area contributed by atoms with Crippen molar-refractivity contribution in [1.82, 2.24) is 15.6 Å². The lowest BCUT2D eigenvalue weighted by molar-refractivity contribution is -0.127. The van der Waals surface area contributed by atoms with Crippen LogP contribution in [0.2, 0.25) is 0 Å². The van der Waals surface area contributed by atoms with Gasteiger partial charge in [-0.1, -0.05) is 55.5 Å². The van der Waals surface area contributed by atoms with E-state index in [0.29, 0.717) is 31.5 Å². The summed E-state index contributed by atoms with van der Waals surface area (Å²) < 4.78 is 0. The maximum atomic E-state index is 13.2. The average Bonchev–Trinajstić information content (AvgIpc) is 2.91. The van der Waals surface area contributed by atoms with Gasteiger partial charge in [0.2, 0.25) is 11.8 Å². The molecule has 0 fully saturated rings. The molecule has 3 aromatic rings. The van der Waals surface area contributed by atoms with Crippen LogP contribution in [0.4, 0.5) is 5.69 Å². The monoisotopic (exact) mass is 490 g/mol. The summed E-state index contributed by atoms with van der Waals surface area (Å²) in [5.74, 6) is -0.621. The van der Waals surface area contributed by atoms with Crippen LogP contribution in [-0.2, 0) is 16.0 Å². The first-order valence-electron chi connectivity index (χ1n) is 12.7. The third-order valence-electron chi connectivity index (χ3n) is 6.29. The molecule has 0 radical (unpaired) electrons. The SMILES string of the molecule is CCC(CN)NCCCC(N)C(=O)NC(CCc1ccccc1)C(=O)Nc1cnc2ccccc2c1. The van der Waals surface area contributed by atoms with Crippen LogP contribution < -0.4 is 27.4 Å². The predicted octanol–water partition coefficient (Wildman–Crippen LogP) is 2.73. The number of nitrogens with two attached hydrogens (primary N) is 2. The number of hydrogen-bond acceptors (Lipinski definition) is 6. The van der Waals surface area contributed by atoms with E-state index in [4.69, 9.17) is 11.5 Å². The molecule has 0 spiro atoms. The Bertz CT molecular complexity index is 1100. The molecule has 0 bridgehead atoms. The highest BCUT2D eigenvalue weighted by Crippen LogP contribution is 2.17. The minimum atomic E-state index is -0.727. The van der Waals surface area contributed by atoms with Crippen LogP contribution in [0.5, 0.6) is 0 Å². The second kappa shape index (κ2) is 14.3. The van der Waals surface area contributed by atoms with Gasteiger partial charge in [-0.05, 0) is 56.3 Å². The number of hydrogen-bond donors (Lipinski definition) is 5. The number of benzene rings is 2. The summed E-state index contributed by atoms with van der Waals surface area (Å²) in [5, 5.41) is 10.1. The Morgan fingerprint density at radius 1 is 1.00 bits per heavy atom. The fourth-order valence-corrected chi connectivity index (χ4v) is 4.03. The minimum Gasteiger partial charge on any atom is -0.343 e. The van der Waals surface area contributed by atoms with E-state index in [1.54, 1.807) is 6.20 Å². The molecule has 3 unspecified atom stereocenters. The molecule has 8 heteroatoms. The molecule has 0 aliphatic carbocycles. The fraction of sp³-hybridized carbons (Fsp3) is 0.393. The molecule has 192 valence electrons. The molecule has 2 amide bonds. The predicted molar refractivity (Wildman–Crippen MR) is 145 cm³/mol. The Morgan fingerprint density at radius 2 is 1.75 bits per heavy atom. The van der Waals surface area contributed by atoms with Gasteiger partial charge < -0.3 is 27.4 Å². The summed E-state index contributed by atoms with van der Waals surface area (Å²) >= 11 is 0. The van der Waals surface area contributed by atoms with Crippen LogP contribution >= 0.6 is 0 Å². The van der Waals surface area contributed by atoms with Crippen LogP contribution in [0, 0.1) is 0 Å². The van der Waals surface area contributed by atoms with Gasteiger partial charge in [-0.3, -0.25) is 14.6 Å². The zero-order valence-electron chi connectivity index (χ0n) is 21.0. The largest absolute Gasteiger partial charge is 0.343 e. The normalized spacial score (nSPS) is 13.6. The minimum absolute atomic E-state index is 0.269. The van der Waals surface area contributed by atoms with Crippen molar-refractivity contribution in [3.8, 4) is 0 Å². The summed E-state index contributed by atoms with van der Waals surface area (Å²) in [5.41, 5.74) is 14.4. The van der Waals surface area contributed by atoms with Gasteiger partial charge in [0.05, 0.1) is 23.4 Å². The smallest absolute Gasteiger partial charge is 0.247 e. The Kier molecular flexibility index (Phi) is 10.8. The third kappa shape index (κ3) is 8.41. The molecular weight excluding hydrogens is 452 g/mol. The summed E-state index contributed by atoms with van der Waals surface area (Å²) in [6.45, 7) is 3.40. The molecule has 0 saturated carbocycles. The van der Waals surface area contributed by atoms with E-state index < -0.39 is 12.1 Å². The average molecular weight is 491 g/mol. The number of carbonyl (C=O) groups is 2. The van der Waals surface area contributed by atoms with E-state index >= 15 is 0 Å². The maximum absolute atomic E-state index is 13.2. The Hall–Kier alpha value is -3.33. The van der Waals surface area contributed by atoms with E-state index in [0.717, 1.165) is 35.9 Å². The number of amides is 2. The second-order valence-corrected chi connectivity index (χ2v) is 9.04. The van der Waals surface area contributed by atoms with Gasteiger partial charge in [-0.2, -0.15) is 0 Å². The molecule has 0 saturated heterocycles. The van der Waals surface area contributed by atoms with Gasteiger partial charge in [0.15, 0.2) is 0 Å². The Labute approximate surface area is 213 Å². The van der Waals surface area contributed by atoms with Crippen molar-refractivity contribution in [3.63, 3.8) is 0 Å². The zero-order chi connectivity index (χ0) is 25.8. The van der Waals surface area contributed by atoms with Crippen LogP contribution in [0.1, 0.15) is 38.2 Å². The number of fused-ring (bicyclic) bond motifs is 1. The Morgan fingerprint density at radius 3 is 2.50 bits per heavy atom. The molecule has 0 aliphatic rings. The van der Waals surface area contributed by atoms with Gasteiger partial charge in [-0.25, -0.2) is 0 Å². The van der Waals surface area contributed by atoms with Crippen molar-refractivity contribution in [2.75, 3.05) is 18.4 Å². The van der Waals surface area contributed by atoms with E-state index in [1.165, 1.54) is 0 Å². The highest BCUT2D eigenvalue weighted by atomic mass is 16.2. The zero-order valence-corrected chi connectivity index (χ0v) is 21.0. The van der Waals surface area contributed by atoms with E-state index in [2.05, 4.69) is 27.9 Å². The lowest BCUT2D eigenvalue weighted by Crippen LogP contribution is -2.50. The van der Waals surface area contributed by atoms with Crippen molar-refractivity contribution in [3.05, 3.63) is 72.4 Å². The van der Waals surface area contributed by atoms with Crippen molar-refractivity contribution in [1.29, 1.82) is 0 Å². The molecule has 2 aromatic carbocycles. The van der Waals surface area contributed by atoms with Gasteiger partial charge in [-0.15, -0.1) is 0 Å². The van der Waals surface area contributed by atoms with Crippen LogP contribution in [-0.4, -0.2) is 48.0 Å². The maximum Gasteiger partial charge on any atom is 0.247 e. The molecule has 8 nitrogen and oxygen atoms in total. The number of nitrogens with zero attached hydrogens (tertiary/aromatic N) is 1. The number of aromatic nitrogens is 1. The quantitative estimate of drug-likeness (QED) is 0.221. The van der Waals surface area contributed by atoms with Crippen molar-refractivity contribution in [2.24, 2.45) is 11.5 Å². The Balaban J connectivity index is 1.61. The molecule has 1 heterocycles. The van der Waals surface area contributed by atoms with Crippen molar-refractivity contribution in [2.45, 2.75) is 57.2 Å². The van der Waals surface area contributed by atoms with Crippen molar-refractivity contribution < 1.29 is 9.59 Å². The first kappa shape index (κ1) is 27.3. The van der Waals surface area contributed by atoms with E-state index in [-0.39, 0.29) is 17.9 Å². The van der Waals surface area contributed by atoms with Gasteiger partial charge >= 0.3 is 0 Å². The number of rotatable bonds is 14. The van der Waals surface area contributed by atoms with Gasteiger partial charge in [0, 0.05) is 18.0 Å². The number of aryl methyl sites for hydroxylation is 1. The molecule has 3 atom stereocenters.